The van der Waals surface area contributed by atoms with Crippen LogP contribution < -0.4 is 9.79 Å². The summed E-state index contributed by atoms with van der Waals surface area (Å²) in [7, 11) is -4.91. The van der Waals surface area contributed by atoms with E-state index in [1.54, 1.807) is 0 Å². The quantitative estimate of drug-likeness (QED) is 0.330. The summed E-state index contributed by atoms with van der Waals surface area (Å²) in [4.78, 5) is 22.3. The molecule has 32 heavy (non-hydrogen) atoms. The molecule has 0 aliphatic heterocycles. The van der Waals surface area contributed by atoms with Gasteiger partial charge in [-0.05, 0) is 97.7 Å². The average molecular weight is 465 g/mol. The number of fused-ring (bicyclic) bond motifs is 5. The molecule has 4 aliphatic rings. The maximum Gasteiger partial charge on any atom is 0.0665 e. The van der Waals surface area contributed by atoms with Gasteiger partial charge in [0.05, 0.1) is 13.9 Å². The standard InChI is InChI=1S/C27H47O4P/c1-18(2)7-6-8-19(3)23-11-12-24-22-10-9-20-17-21(31-32(28,29)30)13-15-26(20,4)25(22)14-16-27(23,24)5/h9,18-19,21-25H,6-8,10-17H2,1-5H3,(H2,28,29,30)/p-2/t19-,21+,22+,23-,24+,25+,26+,27-/m1/s1. The fourth-order valence-corrected chi connectivity index (χ4v) is 9.47. The van der Waals surface area contributed by atoms with Crippen LogP contribution in [-0.2, 0) is 9.09 Å². The van der Waals surface area contributed by atoms with Gasteiger partial charge in [-0.3, -0.25) is 0 Å². The zero-order chi connectivity index (χ0) is 23.3. The minimum Gasteiger partial charge on any atom is -0.790 e. The van der Waals surface area contributed by atoms with Crippen molar-refractivity contribution in [2.45, 2.75) is 111 Å². The number of phosphoric ester groups is 1. The van der Waals surface area contributed by atoms with Crippen molar-refractivity contribution in [3.8, 4) is 0 Å². The largest absolute Gasteiger partial charge is 0.790 e. The van der Waals surface area contributed by atoms with E-state index in [1.165, 1.54) is 50.5 Å². The third kappa shape index (κ3) is 4.68. The van der Waals surface area contributed by atoms with Crippen molar-refractivity contribution >= 4 is 7.82 Å². The number of hydrogen-bond acceptors (Lipinski definition) is 4. The monoisotopic (exact) mass is 464 g/mol. The van der Waals surface area contributed by atoms with Crippen LogP contribution in [-0.4, -0.2) is 6.10 Å². The average Bonchev–Trinajstić information content (AvgIpc) is 3.04. The summed E-state index contributed by atoms with van der Waals surface area (Å²) in [6, 6.07) is 0. The van der Waals surface area contributed by atoms with Gasteiger partial charge in [0.1, 0.15) is 0 Å². The van der Waals surface area contributed by atoms with E-state index in [-0.39, 0.29) is 5.41 Å². The molecule has 5 heteroatoms. The normalized spacial score (nSPS) is 42.8. The van der Waals surface area contributed by atoms with Gasteiger partial charge in [0.15, 0.2) is 0 Å². The molecule has 0 aromatic rings. The summed E-state index contributed by atoms with van der Waals surface area (Å²) < 4.78 is 16.0. The molecule has 3 saturated carbocycles. The molecule has 0 spiro atoms. The molecule has 0 saturated heterocycles. The van der Waals surface area contributed by atoms with Crippen molar-refractivity contribution < 1.29 is 18.9 Å². The molecule has 0 amide bonds. The predicted molar refractivity (Wildman–Crippen MR) is 126 cm³/mol. The Hall–Kier alpha value is -0.150. The lowest BCUT2D eigenvalue weighted by Crippen LogP contribution is -2.51. The predicted octanol–water partition coefficient (Wildman–Crippen LogP) is 6.24. The molecule has 0 unspecified atom stereocenters. The Bertz CT molecular complexity index is 757. The number of hydrogen-bond donors (Lipinski definition) is 0. The number of allylic oxidation sites excluding steroid dienone is 1. The van der Waals surface area contributed by atoms with Gasteiger partial charge in [-0.2, -0.15) is 0 Å². The second-order valence-electron chi connectivity index (χ2n) is 12.7. The molecule has 0 aromatic carbocycles. The lowest BCUT2D eigenvalue weighted by atomic mass is 9.47. The van der Waals surface area contributed by atoms with Crippen LogP contribution in [0.15, 0.2) is 11.6 Å². The summed E-state index contributed by atoms with van der Waals surface area (Å²) in [6.45, 7) is 12.2. The summed E-state index contributed by atoms with van der Waals surface area (Å²) in [5.74, 6) is 4.79. The minimum absolute atomic E-state index is 0.154. The van der Waals surface area contributed by atoms with Crippen molar-refractivity contribution in [1.82, 2.24) is 0 Å². The second kappa shape index (κ2) is 9.14. The van der Waals surface area contributed by atoms with E-state index < -0.39 is 13.9 Å². The summed E-state index contributed by atoms with van der Waals surface area (Å²) >= 11 is 0. The number of phosphoric acid groups is 1. The van der Waals surface area contributed by atoms with Crippen LogP contribution in [0, 0.1) is 46.3 Å². The Morgan fingerprint density at radius 1 is 1.06 bits per heavy atom. The molecule has 3 fully saturated rings. The highest BCUT2D eigenvalue weighted by atomic mass is 31.2. The molecule has 0 aromatic heterocycles. The first-order chi connectivity index (χ1) is 14.9. The van der Waals surface area contributed by atoms with Gasteiger partial charge in [0.25, 0.3) is 0 Å². The third-order valence-corrected chi connectivity index (χ3v) is 11.1. The van der Waals surface area contributed by atoms with E-state index in [4.69, 9.17) is 4.52 Å². The molecule has 0 bridgehead atoms. The highest BCUT2D eigenvalue weighted by Gasteiger charge is 2.59. The van der Waals surface area contributed by atoms with Crippen molar-refractivity contribution in [3.63, 3.8) is 0 Å². The first-order valence-corrected chi connectivity index (χ1v) is 14.8. The SMILES string of the molecule is CC(C)CCC[C@@H](C)[C@H]1CC[C@H]2[C@@H]3CC=C4C[C@@H](OP(=O)([O-])[O-])CC[C@]4(C)[C@H]3CC[C@]12C. The van der Waals surface area contributed by atoms with E-state index in [9.17, 15) is 14.4 Å². The molecule has 4 nitrogen and oxygen atoms in total. The second-order valence-corrected chi connectivity index (χ2v) is 13.8. The van der Waals surface area contributed by atoms with Gasteiger partial charge in [0, 0.05) is 0 Å². The van der Waals surface area contributed by atoms with Gasteiger partial charge in [-0.15, -0.1) is 0 Å². The van der Waals surface area contributed by atoms with Crippen LogP contribution in [0.5, 0.6) is 0 Å². The van der Waals surface area contributed by atoms with Crippen molar-refractivity contribution in [2.75, 3.05) is 0 Å². The van der Waals surface area contributed by atoms with Crippen molar-refractivity contribution in [3.05, 3.63) is 11.6 Å². The van der Waals surface area contributed by atoms with Crippen LogP contribution in [0.4, 0.5) is 0 Å². The molecule has 4 rings (SSSR count). The first-order valence-electron chi connectivity index (χ1n) is 13.3. The van der Waals surface area contributed by atoms with Gasteiger partial charge in [0.2, 0.25) is 0 Å². The maximum absolute atomic E-state index is 11.1. The lowest BCUT2D eigenvalue weighted by Gasteiger charge is -2.58. The Morgan fingerprint density at radius 2 is 1.81 bits per heavy atom. The van der Waals surface area contributed by atoms with Crippen molar-refractivity contribution in [1.29, 1.82) is 0 Å². The van der Waals surface area contributed by atoms with Crippen LogP contribution in [0.1, 0.15) is 105 Å². The Balaban J connectivity index is 1.46. The Kier molecular flexibility index (Phi) is 7.13. The smallest absolute Gasteiger partial charge is 0.0665 e. The topological polar surface area (TPSA) is 72.4 Å². The molecular formula is C27H45O4P-2. The van der Waals surface area contributed by atoms with Crippen molar-refractivity contribution in [2.24, 2.45) is 46.3 Å². The zero-order valence-corrected chi connectivity index (χ0v) is 21.9. The molecule has 0 N–H and O–H groups in total. The van der Waals surface area contributed by atoms with Crippen LogP contribution in [0.3, 0.4) is 0 Å². The van der Waals surface area contributed by atoms with Crippen LogP contribution in [0.25, 0.3) is 0 Å². The molecule has 0 heterocycles. The minimum atomic E-state index is -4.91. The highest BCUT2D eigenvalue weighted by molar-refractivity contribution is 7.43. The zero-order valence-electron chi connectivity index (χ0n) is 21.0. The molecule has 0 radical (unpaired) electrons. The Labute approximate surface area is 196 Å². The lowest BCUT2D eigenvalue weighted by molar-refractivity contribution is -0.345. The van der Waals surface area contributed by atoms with E-state index in [2.05, 4.69) is 40.7 Å². The maximum atomic E-state index is 11.1. The summed E-state index contributed by atoms with van der Waals surface area (Å²) in [5.41, 5.74) is 2.00. The van der Waals surface area contributed by atoms with E-state index in [1.807, 2.05) is 0 Å². The summed E-state index contributed by atoms with van der Waals surface area (Å²) in [5, 5.41) is 0. The summed E-state index contributed by atoms with van der Waals surface area (Å²) in [6.07, 6.45) is 14.9. The third-order valence-electron chi connectivity index (χ3n) is 10.5. The number of rotatable bonds is 7. The fourth-order valence-electron chi connectivity index (χ4n) is 8.92. The van der Waals surface area contributed by atoms with Crippen LogP contribution in [0.2, 0.25) is 0 Å². The Morgan fingerprint density at radius 3 is 2.50 bits per heavy atom. The van der Waals surface area contributed by atoms with Gasteiger partial charge < -0.3 is 18.9 Å². The molecule has 4 aliphatic carbocycles. The van der Waals surface area contributed by atoms with E-state index >= 15 is 0 Å². The van der Waals surface area contributed by atoms with Gasteiger partial charge >= 0.3 is 0 Å². The van der Waals surface area contributed by atoms with Crippen LogP contribution >= 0.6 is 7.82 Å². The van der Waals surface area contributed by atoms with Gasteiger partial charge in [-0.1, -0.05) is 65.5 Å². The van der Waals surface area contributed by atoms with E-state index in [0.29, 0.717) is 24.2 Å². The fraction of sp³-hybridized carbons (Fsp3) is 0.926. The first kappa shape index (κ1) is 25.0. The molecule has 8 atom stereocenters. The molecule has 184 valence electrons. The van der Waals surface area contributed by atoms with E-state index in [0.717, 1.165) is 42.4 Å². The highest BCUT2D eigenvalue weighted by Crippen LogP contribution is 2.67. The van der Waals surface area contributed by atoms with Gasteiger partial charge in [-0.25, -0.2) is 0 Å². The molecular weight excluding hydrogens is 419 g/mol.